The van der Waals surface area contributed by atoms with Crippen LogP contribution in [-0.4, -0.2) is 4.57 Å². The topological polar surface area (TPSA) is 45.8 Å². The molecule has 0 unspecified atom stereocenters. The molecule has 0 aliphatic rings. The number of benzene rings is 1. The van der Waals surface area contributed by atoms with Gasteiger partial charge in [-0.3, -0.25) is 4.79 Å². The van der Waals surface area contributed by atoms with Crippen molar-refractivity contribution in [2.75, 3.05) is 0 Å². The van der Waals surface area contributed by atoms with Crippen LogP contribution in [0.1, 0.15) is 12.0 Å². The van der Waals surface area contributed by atoms with E-state index in [9.17, 15) is 18.0 Å². The summed E-state index contributed by atoms with van der Waals surface area (Å²) in [6.45, 7) is 0.245. The molecule has 19 heavy (non-hydrogen) atoms. The highest BCUT2D eigenvalue weighted by Crippen LogP contribution is 2.30. The van der Waals surface area contributed by atoms with Crippen LogP contribution in [0.2, 0.25) is 0 Å². The molecule has 2 aromatic rings. The molecule has 0 atom stereocenters. The highest BCUT2D eigenvalue weighted by molar-refractivity contribution is 5.79. The van der Waals surface area contributed by atoms with E-state index in [1.54, 1.807) is 0 Å². The van der Waals surface area contributed by atoms with Crippen LogP contribution in [0.25, 0.3) is 10.9 Å². The molecule has 0 saturated heterocycles. The van der Waals surface area contributed by atoms with Crippen LogP contribution in [0, 0.1) is 11.3 Å². The van der Waals surface area contributed by atoms with Gasteiger partial charge in [0.1, 0.15) is 0 Å². The van der Waals surface area contributed by atoms with Gasteiger partial charge in [-0.05, 0) is 18.2 Å². The SMILES string of the molecule is N#CCCn1ccc(=O)c2ccc(C(F)(F)F)cc21. The molecule has 6 heteroatoms. The number of alkyl halides is 3. The van der Waals surface area contributed by atoms with E-state index < -0.39 is 11.7 Å². The van der Waals surface area contributed by atoms with E-state index in [0.717, 1.165) is 12.1 Å². The molecule has 1 aromatic heterocycles. The third kappa shape index (κ3) is 2.60. The maximum Gasteiger partial charge on any atom is 0.416 e. The molecule has 0 aliphatic heterocycles. The van der Waals surface area contributed by atoms with E-state index in [-0.39, 0.29) is 29.3 Å². The molecule has 0 radical (unpaired) electrons. The summed E-state index contributed by atoms with van der Waals surface area (Å²) in [5.41, 5.74) is -0.953. The monoisotopic (exact) mass is 266 g/mol. The lowest BCUT2D eigenvalue weighted by Gasteiger charge is -2.12. The fourth-order valence-electron chi connectivity index (χ4n) is 1.85. The average molecular weight is 266 g/mol. The molecule has 98 valence electrons. The van der Waals surface area contributed by atoms with Gasteiger partial charge in [0.05, 0.1) is 23.6 Å². The predicted octanol–water partition coefficient (Wildman–Crippen LogP) is 2.93. The Bertz CT molecular complexity index is 710. The molecular formula is C13H9F3N2O. The lowest BCUT2D eigenvalue weighted by atomic mass is 10.1. The maximum atomic E-state index is 12.7. The fraction of sp³-hybridized carbons (Fsp3) is 0.231. The number of nitriles is 1. The first kappa shape index (κ1) is 13.1. The molecule has 0 saturated carbocycles. The zero-order valence-electron chi connectivity index (χ0n) is 9.74. The van der Waals surface area contributed by atoms with Gasteiger partial charge in [-0.25, -0.2) is 0 Å². The number of pyridine rings is 1. The molecule has 1 heterocycles. The summed E-state index contributed by atoms with van der Waals surface area (Å²) < 4.78 is 39.5. The largest absolute Gasteiger partial charge is 0.416 e. The van der Waals surface area contributed by atoms with Crippen molar-refractivity contribution < 1.29 is 13.2 Å². The maximum absolute atomic E-state index is 12.7. The summed E-state index contributed by atoms with van der Waals surface area (Å²) >= 11 is 0. The van der Waals surface area contributed by atoms with Crippen molar-refractivity contribution >= 4 is 10.9 Å². The van der Waals surface area contributed by atoms with Crippen LogP contribution in [0.15, 0.2) is 35.3 Å². The van der Waals surface area contributed by atoms with Gasteiger partial charge in [0.15, 0.2) is 5.43 Å². The van der Waals surface area contributed by atoms with Crippen LogP contribution in [0.4, 0.5) is 13.2 Å². The van der Waals surface area contributed by atoms with E-state index in [1.807, 2.05) is 6.07 Å². The van der Waals surface area contributed by atoms with Gasteiger partial charge in [0.2, 0.25) is 0 Å². The van der Waals surface area contributed by atoms with Crippen LogP contribution in [0.3, 0.4) is 0 Å². The smallest absolute Gasteiger partial charge is 0.346 e. The Labute approximate surface area is 106 Å². The highest BCUT2D eigenvalue weighted by Gasteiger charge is 2.30. The highest BCUT2D eigenvalue weighted by atomic mass is 19.4. The first-order valence-corrected chi connectivity index (χ1v) is 5.51. The number of fused-ring (bicyclic) bond motifs is 1. The molecule has 0 bridgehead atoms. The Morgan fingerprint density at radius 3 is 2.63 bits per heavy atom. The Morgan fingerprint density at radius 2 is 2.00 bits per heavy atom. The Hall–Kier alpha value is -2.29. The van der Waals surface area contributed by atoms with Gasteiger partial charge in [-0.2, -0.15) is 18.4 Å². The average Bonchev–Trinajstić information content (AvgIpc) is 2.37. The van der Waals surface area contributed by atoms with Crippen molar-refractivity contribution in [3.05, 3.63) is 46.2 Å². The number of aromatic nitrogens is 1. The molecule has 0 N–H and O–H groups in total. The van der Waals surface area contributed by atoms with Gasteiger partial charge in [-0.1, -0.05) is 0 Å². The second-order valence-corrected chi connectivity index (χ2v) is 4.01. The van der Waals surface area contributed by atoms with Crippen molar-refractivity contribution in [1.29, 1.82) is 5.26 Å². The quantitative estimate of drug-likeness (QED) is 0.839. The van der Waals surface area contributed by atoms with Crippen LogP contribution in [0.5, 0.6) is 0 Å². The standard InChI is InChI=1S/C13H9F3N2O/c14-13(15,16)9-2-3-10-11(8-9)18(6-1-5-17)7-4-12(10)19/h2-4,7-8H,1,6H2. The van der Waals surface area contributed by atoms with E-state index in [1.165, 1.54) is 22.9 Å². The summed E-state index contributed by atoms with van der Waals surface area (Å²) in [4.78, 5) is 11.6. The normalized spacial score (nSPS) is 11.5. The molecule has 2 rings (SSSR count). The Kier molecular flexibility index (Phi) is 3.30. The Morgan fingerprint density at radius 1 is 1.26 bits per heavy atom. The van der Waals surface area contributed by atoms with Gasteiger partial charge < -0.3 is 4.57 Å². The van der Waals surface area contributed by atoms with Crippen molar-refractivity contribution in [1.82, 2.24) is 4.57 Å². The summed E-state index contributed by atoms with van der Waals surface area (Å²) in [6, 6.07) is 6.20. The van der Waals surface area contributed by atoms with Gasteiger partial charge in [0.25, 0.3) is 0 Å². The molecule has 0 spiro atoms. The number of halogens is 3. The van der Waals surface area contributed by atoms with E-state index in [4.69, 9.17) is 5.26 Å². The first-order valence-electron chi connectivity index (χ1n) is 5.51. The summed E-state index contributed by atoms with van der Waals surface area (Å²) in [5, 5.41) is 8.75. The molecule has 0 aliphatic carbocycles. The lowest BCUT2D eigenvalue weighted by Crippen LogP contribution is -2.11. The van der Waals surface area contributed by atoms with E-state index >= 15 is 0 Å². The third-order valence-corrected chi connectivity index (χ3v) is 2.77. The number of hydrogen-bond acceptors (Lipinski definition) is 2. The van der Waals surface area contributed by atoms with Crippen LogP contribution in [-0.2, 0) is 12.7 Å². The summed E-state index contributed by atoms with van der Waals surface area (Å²) in [5.74, 6) is 0. The number of aryl methyl sites for hydroxylation is 1. The van der Waals surface area contributed by atoms with E-state index in [2.05, 4.69) is 0 Å². The molecule has 3 nitrogen and oxygen atoms in total. The van der Waals surface area contributed by atoms with Gasteiger partial charge in [-0.15, -0.1) is 0 Å². The number of rotatable bonds is 2. The number of hydrogen-bond donors (Lipinski definition) is 0. The van der Waals surface area contributed by atoms with Crippen molar-refractivity contribution in [2.45, 2.75) is 19.1 Å². The zero-order chi connectivity index (χ0) is 14.0. The lowest BCUT2D eigenvalue weighted by molar-refractivity contribution is -0.137. The molecular weight excluding hydrogens is 257 g/mol. The minimum absolute atomic E-state index is 0.161. The first-order chi connectivity index (χ1) is 8.93. The van der Waals surface area contributed by atoms with Crippen molar-refractivity contribution in [3.63, 3.8) is 0 Å². The number of nitrogens with zero attached hydrogens (tertiary/aromatic N) is 2. The van der Waals surface area contributed by atoms with Crippen molar-refractivity contribution in [3.8, 4) is 6.07 Å². The second-order valence-electron chi connectivity index (χ2n) is 4.01. The van der Waals surface area contributed by atoms with Crippen LogP contribution >= 0.6 is 0 Å². The zero-order valence-corrected chi connectivity index (χ0v) is 9.74. The minimum Gasteiger partial charge on any atom is -0.346 e. The van der Waals surface area contributed by atoms with E-state index in [0.29, 0.717) is 0 Å². The van der Waals surface area contributed by atoms with Gasteiger partial charge in [0, 0.05) is 24.2 Å². The summed E-state index contributed by atoms with van der Waals surface area (Å²) in [7, 11) is 0. The third-order valence-electron chi connectivity index (χ3n) is 2.77. The molecule has 0 amide bonds. The minimum atomic E-state index is -4.46. The Balaban J connectivity index is 2.67. The van der Waals surface area contributed by atoms with Crippen molar-refractivity contribution in [2.24, 2.45) is 0 Å². The molecule has 1 aromatic carbocycles. The van der Waals surface area contributed by atoms with Gasteiger partial charge >= 0.3 is 6.18 Å². The second kappa shape index (κ2) is 4.76. The fourth-order valence-corrected chi connectivity index (χ4v) is 1.85. The summed E-state index contributed by atoms with van der Waals surface area (Å²) in [6.07, 6.45) is -2.89. The predicted molar refractivity (Wildman–Crippen MR) is 63.4 cm³/mol. The molecule has 0 fully saturated rings. The van der Waals surface area contributed by atoms with Crippen LogP contribution < -0.4 is 5.43 Å².